The average molecular weight is 286 g/mol. The molecule has 0 radical (unpaired) electrons. The van der Waals surface area contributed by atoms with Crippen molar-refractivity contribution in [3.05, 3.63) is 35.8 Å². The lowest BCUT2D eigenvalue weighted by atomic mass is 10.2. The number of aromatic nitrogens is 4. The third-order valence-electron chi connectivity index (χ3n) is 3.65. The highest BCUT2D eigenvalue weighted by Crippen LogP contribution is 2.17. The minimum atomic E-state index is -0.000742. The number of imidazole rings is 1. The predicted octanol–water partition coefficient (Wildman–Crippen LogP) is 0.779. The van der Waals surface area contributed by atoms with Gasteiger partial charge in [-0.2, -0.15) is 0 Å². The lowest BCUT2D eigenvalue weighted by Gasteiger charge is -2.35. The molecule has 1 fully saturated rings. The third-order valence-corrected chi connectivity index (χ3v) is 3.65. The Morgan fingerprint density at radius 1 is 1.19 bits per heavy atom. The number of piperazine rings is 1. The van der Waals surface area contributed by atoms with Crippen molar-refractivity contribution >= 4 is 11.7 Å². The Balaban J connectivity index is 1.68. The van der Waals surface area contributed by atoms with Gasteiger partial charge in [-0.15, -0.1) is 0 Å². The molecule has 21 heavy (non-hydrogen) atoms. The van der Waals surface area contributed by atoms with Crippen LogP contribution in [0.5, 0.6) is 0 Å². The first-order chi connectivity index (χ1) is 10.1. The molecule has 1 amide bonds. The van der Waals surface area contributed by atoms with Crippen LogP contribution in [0.1, 0.15) is 21.9 Å². The molecule has 1 aliphatic rings. The van der Waals surface area contributed by atoms with Gasteiger partial charge in [0, 0.05) is 32.4 Å². The number of aromatic amines is 1. The molecule has 1 N–H and O–H groups in total. The van der Waals surface area contributed by atoms with Crippen molar-refractivity contribution in [3.8, 4) is 0 Å². The molecule has 1 saturated heterocycles. The molecule has 0 spiro atoms. The molecule has 0 unspecified atom stereocenters. The second kappa shape index (κ2) is 5.51. The number of carbonyl (C=O) groups excluding carboxylic acids is 1. The number of hydrogen-bond acceptors (Lipinski definition) is 5. The average Bonchev–Trinajstić information content (AvgIpc) is 3.03. The molecule has 2 aromatic rings. The largest absolute Gasteiger partial charge is 0.352 e. The second-order valence-electron chi connectivity index (χ2n) is 5.16. The number of aryl methyl sites for hydroxylation is 2. The maximum atomic E-state index is 12.2. The van der Waals surface area contributed by atoms with Crippen molar-refractivity contribution in [2.24, 2.45) is 0 Å². The molecule has 7 nitrogen and oxygen atoms in total. The summed E-state index contributed by atoms with van der Waals surface area (Å²) in [6.07, 6.45) is 4.86. The Bertz CT molecular complexity index is 631. The van der Waals surface area contributed by atoms with Crippen LogP contribution >= 0.6 is 0 Å². The first-order valence-electron chi connectivity index (χ1n) is 6.98. The lowest BCUT2D eigenvalue weighted by Crippen LogP contribution is -2.49. The Labute approximate surface area is 123 Å². The summed E-state index contributed by atoms with van der Waals surface area (Å²) in [5.74, 6) is 0.919. The molecule has 0 atom stereocenters. The number of rotatable bonds is 2. The van der Waals surface area contributed by atoms with Gasteiger partial charge in [-0.05, 0) is 13.8 Å². The standard InChI is InChI=1S/C14H18N6O/c1-10-7-16-11(2)13(18-10)19-3-5-20(6-4-19)14(21)12-8-15-9-17-12/h7-9H,3-6H2,1-2H3,(H,15,17). The van der Waals surface area contributed by atoms with Crippen LogP contribution in [0, 0.1) is 13.8 Å². The van der Waals surface area contributed by atoms with Crippen LogP contribution in [0.4, 0.5) is 5.82 Å². The van der Waals surface area contributed by atoms with Crippen LogP contribution < -0.4 is 4.90 Å². The van der Waals surface area contributed by atoms with Gasteiger partial charge in [0.1, 0.15) is 11.5 Å². The molecule has 110 valence electrons. The Hall–Kier alpha value is -2.44. The van der Waals surface area contributed by atoms with Gasteiger partial charge in [0.05, 0.1) is 23.9 Å². The molecule has 0 aliphatic carbocycles. The van der Waals surface area contributed by atoms with Gasteiger partial charge in [0.25, 0.3) is 5.91 Å². The zero-order chi connectivity index (χ0) is 14.8. The summed E-state index contributed by atoms with van der Waals surface area (Å²) in [4.78, 5) is 31.9. The van der Waals surface area contributed by atoms with Crippen molar-refractivity contribution in [2.75, 3.05) is 31.1 Å². The number of H-pyrrole nitrogens is 1. The van der Waals surface area contributed by atoms with Crippen LogP contribution in [-0.2, 0) is 0 Å². The number of nitrogens with one attached hydrogen (secondary N) is 1. The second-order valence-corrected chi connectivity index (χ2v) is 5.16. The Morgan fingerprint density at radius 2 is 1.95 bits per heavy atom. The van der Waals surface area contributed by atoms with Crippen LogP contribution in [0.25, 0.3) is 0 Å². The van der Waals surface area contributed by atoms with Crippen LogP contribution in [-0.4, -0.2) is 56.9 Å². The normalized spacial score (nSPS) is 15.3. The molecule has 1 aliphatic heterocycles. The van der Waals surface area contributed by atoms with Crippen molar-refractivity contribution < 1.29 is 4.79 Å². The molecule has 0 aromatic carbocycles. The summed E-state index contributed by atoms with van der Waals surface area (Å²) in [5.41, 5.74) is 2.37. The quantitative estimate of drug-likeness (QED) is 0.882. The van der Waals surface area contributed by atoms with E-state index in [9.17, 15) is 4.79 Å². The van der Waals surface area contributed by atoms with Gasteiger partial charge >= 0.3 is 0 Å². The fraction of sp³-hybridized carbons (Fsp3) is 0.429. The summed E-state index contributed by atoms with van der Waals surface area (Å²) in [7, 11) is 0. The van der Waals surface area contributed by atoms with E-state index < -0.39 is 0 Å². The van der Waals surface area contributed by atoms with E-state index in [0.717, 1.165) is 30.3 Å². The summed E-state index contributed by atoms with van der Waals surface area (Å²) < 4.78 is 0. The van der Waals surface area contributed by atoms with Crippen molar-refractivity contribution in [1.82, 2.24) is 24.8 Å². The first-order valence-corrected chi connectivity index (χ1v) is 6.98. The fourth-order valence-corrected chi connectivity index (χ4v) is 2.49. The maximum absolute atomic E-state index is 12.2. The topological polar surface area (TPSA) is 78.0 Å². The molecule has 0 bridgehead atoms. The highest BCUT2D eigenvalue weighted by Gasteiger charge is 2.24. The monoisotopic (exact) mass is 286 g/mol. The first kappa shape index (κ1) is 13.5. The van der Waals surface area contributed by atoms with E-state index >= 15 is 0 Å². The van der Waals surface area contributed by atoms with Gasteiger partial charge in [0.15, 0.2) is 0 Å². The number of anilines is 1. The molecule has 2 aromatic heterocycles. The van der Waals surface area contributed by atoms with Gasteiger partial charge < -0.3 is 14.8 Å². The number of carbonyl (C=O) groups is 1. The maximum Gasteiger partial charge on any atom is 0.272 e. The van der Waals surface area contributed by atoms with E-state index in [1.165, 1.54) is 6.33 Å². The smallest absolute Gasteiger partial charge is 0.272 e. The van der Waals surface area contributed by atoms with E-state index in [-0.39, 0.29) is 5.91 Å². The minimum Gasteiger partial charge on any atom is -0.352 e. The van der Waals surface area contributed by atoms with Gasteiger partial charge in [-0.25, -0.2) is 9.97 Å². The van der Waals surface area contributed by atoms with Crippen molar-refractivity contribution in [2.45, 2.75) is 13.8 Å². The predicted molar refractivity (Wildman–Crippen MR) is 78.2 cm³/mol. The van der Waals surface area contributed by atoms with Crippen LogP contribution in [0.2, 0.25) is 0 Å². The van der Waals surface area contributed by atoms with Crippen LogP contribution in [0.15, 0.2) is 18.7 Å². The summed E-state index contributed by atoms with van der Waals surface area (Å²) in [6, 6.07) is 0. The summed E-state index contributed by atoms with van der Waals surface area (Å²) >= 11 is 0. The number of hydrogen-bond donors (Lipinski definition) is 1. The van der Waals surface area contributed by atoms with Gasteiger partial charge in [0.2, 0.25) is 0 Å². The van der Waals surface area contributed by atoms with E-state index in [1.54, 1.807) is 12.4 Å². The minimum absolute atomic E-state index is 0.000742. The zero-order valence-corrected chi connectivity index (χ0v) is 12.2. The van der Waals surface area contributed by atoms with Gasteiger partial charge in [-0.3, -0.25) is 9.78 Å². The van der Waals surface area contributed by atoms with E-state index in [1.807, 2.05) is 18.7 Å². The lowest BCUT2D eigenvalue weighted by molar-refractivity contribution is 0.0741. The zero-order valence-electron chi connectivity index (χ0n) is 12.2. The third kappa shape index (κ3) is 2.72. The van der Waals surface area contributed by atoms with E-state index in [2.05, 4.69) is 24.8 Å². The SMILES string of the molecule is Cc1cnc(C)c(N2CCN(C(=O)c3cnc[nH]3)CC2)n1. The summed E-state index contributed by atoms with van der Waals surface area (Å²) in [5, 5.41) is 0. The van der Waals surface area contributed by atoms with Gasteiger partial charge in [-0.1, -0.05) is 0 Å². The van der Waals surface area contributed by atoms with Crippen molar-refractivity contribution in [3.63, 3.8) is 0 Å². The number of amides is 1. The summed E-state index contributed by atoms with van der Waals surface area (Å²) in [6.45, 7) is 6.77. The Kier molecular flexibility index (Phi) is 3.55. The van der Waals surface area contributed by atoms with E-state index in [0.29, 0.717) is 18.8 Å². The molecule has 3 rings (SSSR count). The van der Waals surface area contributed by atoms with Crippen LogP contribution in [0.3, 0.4) is 0 Å². The molecule has 3 heterocycles. The molecular weight excluding hydrogens is 268 g/mol. The molecule has 7 heteroatoms. The highest BCUT2D eigenvalue weighted by atomic mass is 16.2. The number of nitrogens with zero attached hydrogens (tertiary/aromatic N) is 5. The molecule has 0 saturated carbocycles. The fourth-order valence-electron chi connectivity index (χ4n) is 2.49. The Morgan fingerprint density at radius 3 is 2.62 bits per heavy atom. The molecular formula is C14H18N6O. The highest BCUT2D eigenvalue weighted by molar-refractivity contribution is 5.92. The van der Waals surface area contributed by atoms with E-state index in [4.69, 9.17) is 0 Å². The van der Waals surface area contributed by atoms with Crippen molar-refractivity contribution in [1.29, 1.82) is 0 Å².